The molecule has 3 heterocycles. The lowest BCUT2D eigenvalue weighted by Gasteiger charge is -2.33. The highest BCUT2D eigenvalue weighted by Crippen LogP contribution is 2.31. The second kappa shape index (κ2) is 7.34. The molecule has 0 aliphatic carbocycles. The number of pyridine rings is 1. The van der Waals surface area contributed by atoms with Crippen LogP contribution in [0.5, 0.6) is 0 Å². The minimum absolute atomic E-state index is 0.603. The Hall–Kier alpha value is -0.970. The molecule has 1 aromatic heterocycles. The fourth-order valence-electron chi connectivity index (χ4n) is 3.61. The van der Waals surface area contributed by atoms with Crippen molar-refractivity contribution < 1.29 is 0 Å². The molecule has 0 N–H and O–H groups in total. The Bertz CT molecular complexity index is 414. The van der Waals surface area contributed by atoms with E-state index in [0.29, 0.717) is 6.04 Å². The normalized spacial score (nSPS) is 25.5. The van der Waals surface area contributed by atoms with Crippen LogP contribution in [0.4, 0.5) is 0 Å². The molecular formula is C17H28N4. The van der Waals surface area contributed by atoms with Crippen molar-refractivity contribution in [1.82, 2.24) is 19.7 Å². The number of hydrogen-bond donors (Lipinski definition) is 0. The van der Waals surface area contributed by atoms with Gasteiger partial charge in [-0.2, -0.15) is 0 Å². The monoisotopic (exact) mass is 288 g/mol. The molecule has 2 aliphatic heterocycles. The Kier molecular flexibility index (Phi) is 5.22. The summed E-state index contributed by atoms with van der Waals surface area (Å²) in [6, 6.07) is 4.90. The SMILES string of the molecule is CN1CCN(CCCN2CCC[C@H]2c2cccnc2)CC1. The van der Waals surface area contributed by atoms with Gasteiger partial charge in [0.15, 0.2) is 0 Å². The number of rotatable bonds is 5. The lowest BCUT2D eigenvalue weighted by Crippen LogP contribution is -2.45. The van der Waals surface area contributed by atoms with Gasteiger partial charge in [0.2, 0.25) is 0 Å². The summed E-state index contributed by atoms with van der Waals surface area (Å²) in [6.45, 7) is 8.66. The van der Waals surface area contributed by atoms with E-state index in [1.165, 1.54) is 70.6 Å². The van der Waals surface area contributed by atoms with E-state index in [2.05, 4.69) is 38.9 Å². The molecule has 0 aromatic carbocycles. The molecule has 1 atom stereocenters. The van der Waals surface area contributed by atoms with Gasteiger partial charge in [-0.1, -0.05) is 6.07 Å². The average Bonchev–Trinajstić information content (AvgIpc) is 2.99. The first-order valence-corrected chi connectivity index (χ1v) is 8.38. The van der Waals surface area contributed by atoms with Crippen LogP contribution in [0.15, 0.2) is 24.5 Å². The molecule has 0 amide bonds. The third-order valence-corrected chi connectivity index (χ3v) is 4.95. The van der Waals surface area contributed by atoms with Crippen LogP contribution in [0.2, 0.25) is 0 Å². The number of nitrogens with zero attached hydrogens (tertiary/aromatic N) is 4. The maximum Gasteiger partial charge on any atom is 0.0363 e. The first-order chi connectivity index (χ1) is 10.3. The zero-order valence-electron chi connectivity index (χ0n) is 13.2. The van der Waals surface area contributed by atoms with Crippen LogP contribution in [0.25, 0.3) is 0 Å². The molecule has 116 valence electrons. The molecule has 2 fully saturated rings. The molecule has 4 nitrogen and oxygen atoms in total. The van der Waals surface area contributed by atoms with Gasteiger partial charge in [0.25, 0.3) is 0 Å². The molecule has 21 heavy (non-hydrogen) atoms. The summed E-state index contributed by atoms with van der Waals surface area (Å²) in [4.78, 5) is 12.0. The van der Waals surface area contributed by atoms with E-state index in [-0.39, 0.29) is 0 Å². The van der Waals surface area contributed by atoms with E-state index >= 15 is 0 Å². The molecule has 0 spiro atoms. The van der Waals surface area contributed by atoms with Crippen molar-refractivity contribution in [2.24, 2.45) is 0 Å². The predicted molar refractivity (Wildman–Crippen MR) is 86.3 cm³/mol. The summed E-state index contributed by atoms with van der Waals surface area (Å²) in [6.07, 6.45) is 7.83. The summed E-state index contributed by atoms with van der Waals surface area (Å²) < 4.78 is 0. The van der Waals surface area contributed by atoms with E-state index in [9.17, 15) is 0 Å². The van der Waals surface area contributed by atoms with Gasteiger partial charge in [0.05, 0.1) is 0 Å². The second-order valence-electron chi connectivity index (χ2n) is 6.48. The van der Waals surface area contributed by atoms with Crippen LogP contribution in [-0.2, 0) is 0 Å². The van der Waals surface area contributed by atoms with Crippen molar-refractivity contribution in [3.63, 3.8) is 0 Å². The average molecular weight is 288 g/mol. The smallest absolute Gasteiger partial charge is 0.0363 e. The van der Waals surface area contributed by atoms with E-state index in [1.807, 2.05) is 12.4 Å². The molecule has 2 saturated heterocycles. The predicted octanol–water partition coefficient (Wildman–Crippen LogP) is 1.86. The molecule has 3 rings (SSSR count). The Morgan fingerprint density at radius 3 is 2.76 bits per heavy atom. The molecule has 2 aliphatic rings. The zero-order valence-corrected chi connectivity index (χ0v) is 13.2. The summed E-state index contributed by atoms with van der Waals surface area (Å²) in [5.74, 6) is 0. The zero-order chi connectivity index (χ0) is 14.5. The highest BCUT2D eigenvalue weighted by molar-refractivity contribution is 5.15. The lowest BCUT2D eigenvalue weighted by atomic mass is 10.1. The standard InChI is InChI=1S/C17H28N4/c1-19-11-13-20(14-12-19)8-4-10-21-9-3-6-17(21)16-5-2-7-18-15-16/h2,5,7,15,17H,3-4,6,8-14H2,1H3/t17-/m0/s1. The Morgan fingerprint density at radius 2 is 2.00 bits per heavy atom. The maximum atomic E-state index is 4.28. The molecular weight excluding hydrogens is 260 g/mol. The van der Waals surface area contributed by atoms with Crippen LogP contribution in [0.3, 0.4) is 0 Å². The Balaban J connectivity index is 1.44. The second-order valence-corrected chi connectivity index (χ2v) is 6.48. The molecule has 0 radical (unpaired) electrons. The van der Waals surface area contributed by atoms with Gasteiger partial charge in [-0.3, -0.25) is 9.88 Å². The highest BCUT2D eigenvalue weighted by Gasteiger charge is 2.25. The van der Waals surface area contributed by atoms with Crippen LogP contribution in [0, 0.1) is 0 Å². The molecule has 1 aromatic rings. The molecule has 0 unspecified atom stereocenters. The Morgan fingerprint density at radius 1 is 1.14 bits per heavy atom. The number of hydrogen-bond acceptors (Lipinski definition) is 4. The highest BCUT2D eigenvalue weighted by atomic mass is 15.2. The molecule has 4 heteroatoms. The van der Waals surface area contributed by atoms with Crippen molar-refractivity contribution in [1.29, 1.82) is 0 Å². The third-order valence-electron chi connectivity index (χ3n) is 4.95. The van der Waals surface area contributed by atoms with E-state index < -0.39 is 0 Å². The first kappa shape index (κ1) is 14.9. The van der Waals surface area contributed by atoms with Gasteiger partial charge in [0.1, 0.15) is 0 Å². The number of aromatic nitrogens is 1. The van der Waals surface area contributed by atoms with Gasteiger partial charge < -0.3 is 9.80 Å². The third kappa shape index (κ3) is 4.02. The van der Waals surface area contributed by atoms with Crippen molar-refractivity contribution >= 4 is 0 Å². The fourth-order valence-corrected chi connectivity index (χ4v) is 3.61. The minimum Gasteiger partial charge on any atom is -0.304 e. The largest absolute Gasteiger partial charge is 0.304 e. The summed E-state index contributed by atoms with van der Waals surface area (Å²) in [5.41, 5.74) is 1.40. The maximum absolute atomic E-state index is 4.28. The molecule has 0 bridgehead atoms. The van der Waals surface area contributed by atoms with Gasteiger partial charge in [-0.15, -0.1) is 0 Å². The van der Waals surface area contributed by atoms with Crippen LogP contribution < -0.4 is 0 Å². The summed E-state index contributed by atoms with van der Waals surface area (Å²) in [5, 5.41) is 0. The van der Waals surface area contributed by atoms with Crippen molar-refractivity contribution in [2.45, 2.75) is 25.3 Å². The molecule has 0 saturated carbocycles. The van der Waals surface area contributed by atoms with Gasteiger partial charge >= 0.3 is 0 Å². The number of likely N-dealkylation sites (N-methyl/N-ethyl adjacent to an activating group) is 1. The fraction of sp³-hybridized carbons (Fsp3) is 0.706. The van der Waals surface area contributed by atoms with Gasteiger partial charge in [-0.25, -0.2) is 0 Å². The summed E-state index contributed by atoms with van der Waals surface area (Å²) in [7, 11) is 2.22. The number of piperazine rings is 1. The van der Waals surface area contributed by atoms with Crippen LogP contribution in [0.1, 0.15) is 30.9 Å². The first-order valence-electron chi connectivity index (χ1n) is 8.38. The van der Waals surface area contributed by atoms with Crippen LogP contribution in [-0.4, -0.2) is 72.5 Å². The van der Waals surface area contributed by atoms with E-state index in [4.69, 9.17) is 0 Å². The van der Waals surface area contributed by atoms with Crippen molar-refractivity contribution in [3.8, 4) is 0 Å². The lowest BCUT2D eigenvalue weighted by molar-refractivity contribution is 0.144. The van der Waals surface area contributed by atoms with Crippen molar-refractivity contribution in [2.75, 3.05) is 52.9 Å². The number of likely N-dealkylation sites (tertiary alicyclic amines) is 1. The van der Waals surface area contributed by atoms with Crippen molar-refractivity contribution in [3.05, 3.63) is 30.1 Å². The van der Waals surface area contributed by atoms with Gasteiger partial charge in [-0.05, 0) is 57.6 Å². The quantitative estimate of drug-likeness (QED) is 0.825. The topological polar surface area (TPSA) is 22.6 Å². The minimum atomic E-state index is 0.603. The van der Waals surface area contributed by atoms with E-state index in [0.717, 1.165) is 0 Å². The Labute approximate surface area is 128 Å². The van der Waals surface area contributed by atoms with Crippen LogP contribution >= 0.6 is 0 Å². The summed E-state index contributed by atoms with van der Waals surface area (Å²) >= 11 is 0. The van der Waals surface area contributed by atoms with E-state index in [1.54, 1.807) is 0 Å². The van der Waals surface area contributed by atoms with Gasteiger partial charge in [0, 0.05) is 44.6 Å².